The molecule has 50 heavy (non-hydrogen) atoms. The molecule has 276 valence electrons. The molecule has 6 atom stereocenters. The number of allylic oxidation sites excluding steroid dienone is 1. The van der Waals surface area contributed by atoms with Gasteiger partial charge in [0.2, 0.25) is 17.7 Å². The number of aliphatic hydroxyl groups excluding tert-OH is 1. The minimum atomic E-state index is -1.14. The van der Waals surface area contributed by atoms with E-state index in [0.29, 0.717) is 45.2 Å². The second kappa shape index (κ2) is 16.7. The number of unbranched alkanes of at least 4 members (excludes halogenated alkanes) is 3. The molecule has 1 aromatic carbocycles. The summed E-state index contributed by atoms with van der Waals surface area (Å²) in [7, 11) is 0. The minimum absolute atomic E-state index is 0.0613. The molecule has 1 aromatic rings. The smallest absolute Gasteiger partial charge is 0.306 e. The van der Waals surface area contributed by atoms with Crippen LogP contribution in [0.15, 0.2) is 55.6 Å². The molecule has 2 N–H and O–H groups in total. The number of aliphatic hydroxyl groups is 1. The predicted octanol–water partition coefficient (Wildman–Crippen LogP) is 5.51. The van der Waals surface area contributed by atoms with Gasteiger partial charge in [0.1, 0.15) is 18.2 Å². The van der Waals surface area contributed by atoms with Crippen molar-refractivity contribution in [2.45, 2.75) is 122 Å². The van der Waals surface area contributed by atoms with Gasteiger partial charge in [0, 0.05) is 31.7 Å². The number of amides is 3. The molecule has 2 bridgehead atoms. The maximum atomic E-state index is 15.0. The average Bonchev–Trinajstić information content (AvgIpc) is 3.70. The van der Waals surface area contributed by atoms with Crippen molar-refractivity contribution in [1.82, 2.24) is 15.1 Å². The third-order valence-electron chi connectivity index (χ3n) is 10.4. The maximum Gasteiger partial charge on any atom is 0.306 e. The summed E-state index contributed by atoms with van der Waals surface area (Å²) in [5, 5.41) is 12.4. The molecule has 10 heteroatoms. The van der Waals surface area contributed by atoms with Gasteiger partial charge >= 0.3 is 5.97 Å². The molecule has 10 nitrogen and oxygen atoms in total. The Kier molecular flexibility index (Phi) is 13.1. The highest BCUT2D eigenvalue weighted by Gasteiger charge is 2.74. The van der Waals surface area contributed by atoms with Crippen LogP contribution in [0.2, 0.25) is 0 Å². The van der Waals surface area contributed by atoms with Gasteiger partial charge in [-0.05, 0) is 63.4 Å². The van der Waals surface area contributed by atoms with E-state index < -0.39 is 41.2 Å². The fourth-order valence-electron chi connectivity index (χ4n) is 8.67. The normalized spacial score (nSPS) is 24.8. The first-order valence-electron chi connectivity index (χ1n) is 18.3. The van der Waals surface area contributed by atoms with Crippen molar-refractivity contribution >= 4 is 23.7 Å². The van der Waals surface area contributed by atoms with E-state index in [1.165, 1.54) is 0 Å². The largest absolute Gasteiger partial charge is 0.463 e. The summed E-state index contributed by atoms with van der Waals surface area (Å²) in [5.74, 6) is -2.77. The minimum Gasteiger partial charge on any atom is -0.463 e. The maximum absolute atomic E-state index is 15.0. The Bertz CT molecular complexity index is 1370. The first kappa shape index (κ1) is 39.3. The lowest BCUT2D eigenvalue weighted by Crippen LogP contribution is -2.61. The summed E-state index contributed by atoms with van der Waals surface area (Å²) in [5.41, 5.74) is -0.980. The number of esters is 1. The molecule has 1 spiro atoms. The molecule has 4 rings (SSSR count). The Morgan fingerprint density at radius 1 is 1.10 bits per heavy atom. The number of hydrogen-bond acceptors (Lipinski definition) is 7. The number of ether oxygens (including phenoxy) is 2. The van der Waals surface area contributed by atoms with E-state index in [2.05, 4.69) is 53.1 Å². The van der Waals surface area contributed by atoms with Crippen LogP contribution in [0.5, 0.6) is 0 Å². The summed E-state index contributed by atoms with van der Waals surface area (Å²) in [6.45, 7) is 18.9. The summed E-state index contributed by atoms with van der Waals surface area (Å²) in [4.78, 5) is 59.8. The number of hydrogen-bond donors (Lipinski definition) is 2. The van der Waals surface area contributed by atoms with Gasteiger partial charge in [0.15, 0.2) is 0 Å². The third kappa shape index (κ3) is 8.68. The summed E-state index contributed by atoms with van der Waals surface area (Å²) in [6, 6.07) is 7.80. The van der Waals surface area contributed by atoms with Crippen LogP contribution in [-0.2, 0) is 28.7 Å². The van der Waals surface area contributed by atoms with Crippen LogP contribution in [0.25, 0.3) is 0 Å². The number of fused-ring (bicyclic) bond motifs is 1. The van der Waals surface area contributed by atoms with Crippen molar-refractivity contribution in [3.63, 3.8) is 0 Å². The fraction of sp³-hybridized carbons (Fsp3) is 0.650. The first-order chi connectivity index (χ1) is 23.7. The fourth-order valence-corrected chi connectivity index (χ4v) is 8.67. The lowest BCUT2D eigenvalue weighted by atomic mass is 9.70. The molecule has 3 aliphatic rings. The molecule has 3 aliphatic heterocycles. The van der Waals surface area contributed by atoms with Crippen molar-refractivity contribution in [3.8, 4) is 0 Å². The lowest BCUT2D eigenvalue weighted by Gasteiger charge is -2.45. The monoisotopic (exact) mass is 693 g/mol. The Hall–Kier alpha value is -3.50. The Balaban J connectivity index is 1.66. The highest BCUT2D eigenvalue weighted by atomic mass is 16.5. The predicted molar refractivity (Wildman–Crippen MR) is 193 cm³/mol. The van der Waals surface area contributed by atoms with E-state index in [-0.39, 0.29) is 48.7 Å². The second-order valence-electron chi connectivity index (χ2n) is 16.0. The summed E-state index contributed by atoms with van der Waals surface area (Å²) < 4.78 is 12.3. The molecule has 0 unspecified atom stereocenters. The number of benzene rings is 1. The topological polar surface area (TPSA) is 125 Å². The SMILES string of the molecule is C=CCCC(=O)OC[C@@H](NC(=O)[C@@H]1[C@@H]2CC[C@]3(O2)[C@H](C(=O)N(CC=C)C(C)(C)CC(C)(C)C)N(CCCCCCO)C(=O)[C@@H]13)c1ccccc1. The third-order valence-corrected chi connectivity index (χ3v) is 10.4. The zero-order valence-electron chi connectivity index (χ0n) is 30.8. The van der Waals surface area contributed by atoms with E-state index in [9.17, 15) is 24.3 Å². The molecule has 3 amide bonds. The number of likely N-dealkylation sites (tertiary alicyclic amines) is 1. The van der Waals surface area contributed by atoms with Gasteiger partial charge in [-0.1, -0.05) is 76.1 Å². The Morgan fingerprint density at radius 2 is 1.80 bits per heavy atom. The van der Waals surface area contributed by atoms with Crippen LogP contribution in [-0.4, -0.2) is 88.2 Å². The van der Waals surface area contributed by atoms with Crippen LogP contribution in [0, 0.1) is 17.3 Å². The van der Waals surface area contributed by atoms with Crippen molar-refractivity contribution < 1.29 is 33.8 Å². The number of carbonyl (C=O) groups is 4. The molecule has 0 aliphatic carbocycles. The number of nitrogens with zero attached hydrogens (tertiary/aromatic N) is 2. The molecule has 3 fully saturated rings. The standard InChI is InChI=1S/C40H59N3O7/c1-8-10-20-31(45)49-26-29(28-18-14-13-15-19-28)41-35(46)32-30-21-22-40(50-30)33(32)36(47)42(24-16-11-12-17-25-44)34(40)37(48)43(23-9-2)39(6,7)27-38(3,4)5/h8-9,13-15,18-19,29-30,32-34,44H,1-2,10-12,16-17,20-27H2,3-7H3,(H,41,46)/t29-,30+,32-,33-,34+,40-/m1/s1. The second-order valence-corrected chi connectivity index (χ2v) is 16.0. The van der Waals surface area contributed by atoms with E-state index in [4.69, 9.17) is 9.47 Å². The first-order valence-corrected chi connectivity index (χ1v) is 18.3. The molecule has 0 saturated carbocycles. The van der Waals surface area contributed by atoms with Gasteiger partial charge in [0.25, 0.3) is 0 Å². The van der Waals surface area contributed by atoms with Gasteiger partial charge < -0.3 is 29.7 Å². The molecule has 3 heterocycles. The van der Waals surface area contributed by atoms with Gasteiger partial charge in [-0.15, -0.1) is 13.2 Å². The van der Waals surface area contributed by atoms with Crippen LogP contribution < -0.4 is 5.32 Å². The lowest BCUT2D eigenvalue weighted by molar-refractivity contribution is -0.153. The van der Waals surface area contributed by atoms with Gasteiger partial charge in [-0.25, -0.2) is 0 Å². The van der Waals surface area contributed by atoms with Crippen molar-refractivity contribution in [3.05, 3.63) is 61.2 Å². The summed E-state index contributed by atoms with van der Waals surface area (Å²) >= 11 is 0. The molecule has 3 saturated heterocycles. The van der Waals surface area contributed by atoms with Gasteiger partial charge in [-0.3, -0.25) is 19.2 Å². The van der Waals surface area contributed by atoms with Crippen LogP contribution >= 0.6 is 0 Å². The van der Waals surface area contributed by atoms with E-state index in [1.54, 1.807) is 17.1 Å². The molecular weight excluding hydrogens is 634 g/mol. The highest BCUT2D eigenvalue weighted by Crippen LogP contribution is 2.59. The van der Waals surface area contributed by atoms with Crippen molar-refractivity contribution in [2.75, 3.05) is 26.3 Å². The van der Waals surface area contributed by atoms with E-state index in [1.807, 2.05) is 35.2 Å². The van der Waals surface area contributed by atoms with E-state index in [0.717, 1.165) is 24.8 Å². The molecule has 0 radical (unpaired) electrons. The number of nitrogens with one attached hydrogen (secondary N) is 1. The zero-order chi connectivity index (χ0) is 36.7. The van der Waals surface area contributed by atoms with Crippen LogP contribution in [0.3, 0.4) is 0 Å². The van der Waals surface area contributed by atoms with Crippen LogP contribution in [0.4, 0.5) is 0 Å². The zero-order valence-corrected chi connectivity index (χ0v) is 30.8. The van der Waals surface area contributed by atoms with Crippen LogP contribution in [0.1, 0.15) is 104 Å². The average molecular weight is 694 g/mol. The van der Waals surface area contributed by atoms with E-state index >= 15 is 0 Å². The quantitative estimate of drug-likeness (QED) is 0.111. The molecule has 0 aromatic heterocycles. The Labute approximate surface area is 298 Å². The summed E-state index contributed by atoms with van der Waals surface area (Å²) in [6.07, 6.45) is 8.27. The van der Waals surface area contributed by atoms with Gasteiger partial charge in [0.05, 0.1) is 24.0 Å². The van der Waals surface area contributed by atoms with Crippen molar-refractivity contribution in [2.24, 2.45) is 17.3 Å². The van der Waals surface area contributed by atoms with Crippen molar-refractivity contribution in [1.29, 1.82) is 0 Å². The number of rotatable bonds is 19. The number of carbonyl (C=O) groups excluding carboxylic acids is 4. The van der Waals surface area contributed by atoms with Gasteiger partial charge in [-0.2, -0.15) is 0 Å². The molecular formula is C40H59N3O7. The Morgan fingerprint density at radius 3 is 2.44 bits per heavy atom. The highest BCUT2D eigenvalue weighted by molar-refractivity contribution is 5.99.